The van der Waals surface area contributed by atoms with Gasteiger partial charge in [0.15, 0.2) is 0 Å². The van der Waals surface area contributed by atoms with Gasteiger partial charge in [-0.05, 0) is 73.8 Å². The molecule has 0 unspecified atom stereocenters. The van der Waals surface area contributed by atoms with Crippen LogP contribution < -0.4 is 0 Å². The number of imidazole rings is 1. The van der Waals surface area contributed by atoms with Crippen molar-refractivity contribution < 1.29 is 4.74 Å². The molecule has 1 N–H and O–H groups in total. The molecule has 1 aliphatic heterocycles. The summed E-state index contributed by atoms with van der Waals surface area (Å²) in [6.45, 7) is 4.06. The molecule has 0 saturated carbocycles. The van der Waals surface area contributed by atoms with Crippen LogP contribution in [0, 0.1) is 11.3 Å². The molecule has 0 bridgehead atoms. The molecular formula is C24H25N5O. The fourth-order valence-corrected chi connectivity index (χ4v) is 4.59. The maximum absolute atomic E-state index is 9.13. The minimum absolute atomic E-state index is 0.575. The van der Waals surface area contributed by atoms with Crippen LogP contribution in [0.25, 0.3) is 27.6 Å². The van der Waals surface area contributed by atoms with Gasteiger partial charge in [-0.2, -0.15) is 5.26 Å². The zero-order valence-electron chi connectivity index (χ0n) is 17.1. The van der Waals surface area contributed by atoms with Crippen LogP contribution in [0.15, 0.2) is 48.9 Å². The van der Waals surface area contributed by atoms with E-state index in [1.807, 2.05) is 24.5 Å². The summed E-state index contributed by atoms with van der Waals surface area (Å²) in [6, 6.07) is 14.4. The first kappa shape index (κ1) is 18.9. The van der Waals surface area contributed by atoms with Crippen LogP contribution >= 0.6 is 0 Å². The Hall–Kier alpha value is -3.14. The van der Waals surface area contributed by atoms with Gasteiger partial charge in [-0.25, -0.2) is 4.98 Å². The summed E-state index contributed by atoms with van der Waals surface area (Å²) in [5.41, 5.74) is 6.16. The van der Waals surface area contributed by atoms with E-state index in [-0.39, 0.29) is 0 Å². The van der Waals surface area contributed by atoms with Gasteiger partial charge in [0.25, 0.3) is 0 Å². The lowest BCUT2D eigenvalue weighted by molar-refractivity contribution is 0.130. The van der Waals surface area contributed by atoms with Crippen molar-refractivity contribution in [2.75, 3.05) is 33.4 Å². The first-order valence-corrected chi connectivity index (χ1v) is 10.5. The lowest BCUT2D eigenvalue weighted by Crippen LogP contribution is -2.35. The average molecular weight is 399 g/mol. The van der Waals surface area contributed by atoms with Gasteiger partial charge in [-0.3, -0.25) is 4.57 Å². The first-order chi connectivity index (χ1) is 14.8. The number of piperidine rings is 1. The second kappa shape index (κ2) is 7.94. The number of aromatic nitrogens is 3. The third kappa shape index (κ3) is 3.36. The van der Waals surface area contributed by atoms with Gasteiger partial charge in [0.2, 0.25) is 0 Å². The van der Waals surface area contributed by atoms with Crippen molar-refractivity contribution in [3.63, 3.8) is 0 Å². The summed E-state index contributed by atoms with van der Waals surface area (Å²) in [6.07, 6.45) is 6.38. The molecule has 0 amide bonds. The molecule has 0 radical (unpaired) electrons. The molecule has 1 fully saturated rings. The van der Waals surface area contributed by atoms with E-state index in [1.165, 1.54) is 29.3 Å². The Morgan fingerprint density at radius 2 is 2.07 bits per heavy atom. The van der Waals surface area contributed by atoms with Crippen molar-refractivity contribution in [2.24, 2.45) is 0 Å². The van der Waals surface area contributed by atoms with E-state index >= 15 is 0 Å². The molecule has 2 aromatic heterocycles. The number of rotatable bonds is 5. The van der Waals surface area contributed by atoms with Crippen LogP contribution in [-0.4, -0.2) is 52.8 Å². The molecule has 5 rings (SSSR count). The second-order valence-corrected chi connectivity index (χ2v) is 8.01. The Bertz CT molecular complexity index is 1220. The predicted molar refractivity (Wildman–Crippen MR) is 118 cm³/mol. The van der Waals surface area contributed by atoms with Gasteiger partial charge >= 0.3 is 0 Å². The standard InChI is InChI=1S/C24H25N5O/c1-30-11-10-28-8-6-18(7-9-28)21-15-26-22-4-3-19(13-20(21)22)29-16-27-23-12-17(14-25)2-5-24(23)29/h2-5,12-13,15-16,18,26H,6-11H2,1H3. The topological polar surface area (TPSA) is 69.9 Å². The third-order valence-corrected chi connectivity index (χ3v) is 6.29. The van der Waals surface area contributed by atoms with Crippen molar-refractivity contribution in [2.45, 2.75) is 18.8 Å². The third-order valence-electron chi connectivity index (χ3n) is 6.29. The number of ether oxygens (including phenoxy) is 1. The van der Waals surface area contributed by atoms with Crippen molar-refractivity contribution in [1.29, 1.82) is 5.26 Å². The van der Waals surface area contributed by atoms with E-state index in [4.69, 9.17) is 10.00 Å². The maximum atomic E-state index is 9.13. The number of aromatic amines is 1. The Kier molecular flexibility index (Phi) is 4.99. The van der Waals surface area contributed by atoms with Crippen LogP contribution in [0.3, 0.4) is 0 Å². The molecule has 4 aromatic rings. The molecule has 0 spiro atoms. The molecule has 0 atom stereocenters. The molecular weight excluding hydrogens is 374 g/mol. The summed E-state index contributed by atoms with van der Waals surface area (Å²) >= 11 is 0. The smallest absolute Gasteiger partial charge is 0.100 e. The monoisotopic (exact) mass is 399 g/mol. The molecule has 0 aliphatic carbocycles. The number of hydrogen-bond donors (Lipinski definition) is 1. The number of benzene rings is 2. The lowest BCUT2D eigenvalue weighted by Gasteiger charge is -2.31. The highest BCUT2D eigenvalue weighted by molar-refractivity contribution is 5.87. The number of H-pyrrole nitrogens is 1. The van der Waals surface area contributed by atoms with E-state index in [1.54, 1.807) is 7.11 Å². The average Bonchev–Trinajstić information content (AvgIpc) is 3.41. The zero-order valence-corrected chi connectivity index (χ0v) is 17.1. The zero-order chi connectivity index (χ0) is 20.5. The Balaban J connectivity index is 1.45. The lowest BCUT2D eigenvalue weighted by atomic mass is 9.89. The van der Waals surface area contributed by atoms with Gasteiger partial charge in [0, 0.05) is 36.4 Å². The maximum Gasteiger partial charge on any atom is 0.100 e. The first-order valence-electron chi connectivity index (χ1n) is 10.5. The van der Waals surface area contributed by atoms with Crippen molar-refractivity contribution in [3.05, 3.63) is 60.0 Å². The molecule has 30 heavy (non-hydrogen) atoms. The quantitative estimate of drug-likeness (QED) is 0.546. The fourth-order valence-electron chi connectivity index (χ4n) is 4.59. The van der Waals surface area contributed by atoms with Crippen LogP contribution in [0.1, 0.15) is 29.9 Å². The van der Waals surface area contributed by atoms with E-state index in [2.05, 4.69) is 49.9 Å². The van der Waals surface area contributed by atoms with Gasteiger partial charge in [-0.1, -0.05) is 0 Å². The van der Waals surface area contributed by atoms with Gasteiger partial charge in [-0.15, -0.1) is 0 Å². The minimum atomic E-state index is 0.575. The Labute approximate surface area is 175 Å². The second-order valence-electron chi connectivity index (χ2n) is 8.01. The van der Waals surface area contributed by atoms with Crippen LogP contribution in [0.4, 0.5) is 0 Å². The number of nitrogens with one attached hydrogen (secondary N) is 1. The fraction of sp³-hybridized carbons (Fsp3) is 0.333. The number of fused-ring (bicyclic) bond motifs is 2. The molecule has 1 saturated heterocycles. The number of likely N-dealkylation sites (tertiary alicyclic amines) is 1. The Morgan fingerprint density at radius 3 is 2.87 bits per heavy atom. The van der Waals surface area contributed by atoms with Gasteiger partial charge in [0.1, 0.15) is 6.33 Å². The van der Waals surface area contributed by atoms with Crippen LogP contribution in [0.5, 0.6) is 0 Å². The van der Waals surface area contributed by atoms with Crippen molar-refractivity contribution in [1.82, 2.24) is 19.4 Å². The SMILES string of the molecule is COCCN1CCC(c2c[nH]c3ccc(-n4cnc5cc(C#N)ccc54)cc23)CC1. The normalized spacial score (nSPS) is 15.7. The van der Waals surface area contributed by atoms with E-state index in [9.17, 15) is 0 Å². The Morgan fingerprint density at radius 1 is 1.20 bits per heavy atom. The highest BCUT2D eigenvalue weighted by Crippen LogP contribution is 2.34. The van der Waals surface area contributed by atoms with E-state index < -0.39 is 0 Å². The molecule has 6 heteroatoms. The minimum Gasteiger partial charge on any atom is -0.383 e. The van der Waals surface area contributed by atoms with Gasteiger partial charge in [0.05, 0.1) is 29.3 Å². The summed E-state index contributed by atoms with van der Waals surface area (Å²) in [7, 11) is 1.77. The molecule has 1 aliphatic rings. The molecule has 3 heterocycles. The summed E-state index contributed by atoms with van der Waals surface area (Å²) in [4.78, 5) is 10.5. The number of nitriles is 1. The van der Waals surface area contributed by atoms with E-state index in [0.29, 0.717) is 11.5 Å². The molecule has 152 valence electrons. The highest BCUT2D eigenvalue weighted by Gasteiger charge is 2.23. The van der Waals surface area contributed by atoms with Crippen LogP contribution in [-0.2, 0) is 4.74 Å². The summed E-state index contributed by atoms with van der Waals surface area (Å²) in [5.74, 6) is 0.575. The largest absolute Gasteiger partial charge is 0.383 e. The van der Waals surface area contributed by atoms with Crippen molar-refractivity contribution in [3.8, 4) is 11.8 Å². The molecule has 6 nitrogen and oxygen atoms in total. The number of hydrogen-bond acceptors (Lipinski definition) is 4. The van der Waals surface area contributed by atoms with Crippen molar-refractivity contribution >= 4 is 21.9 Å². The summed E-state index contributed by atoms with van der Waals surface area (Å²) in [5, 5.41) is 10.4. The number of nitrogens with zero attached hydrogens (tertiary/aromatic N) is 4. The predicted octanol–water partition coefficient (Wildman–Crippen LogP) is 4.20. The molecule has 2 aromatic carbocycles. The van der Waals surface area contributed by atoms with E-state index in [0.717, 1.165) is 43.0 Å². The highest BCUT2D eigenvalue weighted by atomic mass is 16.5. The summed E-state index contributed by atoms with van der Waals surface area (Å²) < 4.78 is 7.32. The van der Waals surface area contributed by atoms with Gasteiger partial charge < -0.3 is 14.6 Å². The number of methoxy groups -OCH3 is 1. The van der Waals surface area contributed by atoms with Crippen LogP contribution in [0.2, 0.25) is 0 Å².